The number of benzene rings is 1. The van der Waals surface area contributed by atoms with Crippen LogP contribution in [0.15, 0.2) is 6.07 Å². The summed E-state index contributed by atoms with van der Waals surface area (Å²) in [5, 5.41) is 0. The molecule has 1 aromatic carbocycles. The Kier molecular flexibility index (Phi) is 7.87. The molecule has 8 heteroatoms. The van der Waals surface area contributed by atoms with Crippen molar-refractivity contribution in [2.45, 2.75) is 25.7 Å². The first-order chi connectivity index (χ1) is 10.0. The Morgan fingerprint density at radius 3 is 2.19 bits per heavy atom. The lowest BCUT2D eigenvalue weighted by Crippen LogP contribution is -2.24. The Hall–Kier alpha value is -0.963. The number of unbranched alkanes of at least 4 members (excludes halogenated alkanes) is 2. The summed E-state index contributed by atoms with van der Waals surface area (Å²) in [6.45, 7) is 0.438. The molecule has 0 aromatic heterocycles. The summed E-state index contributed by atoms with van der Waals surface area (Å²) in [5.74, 6) is -6.24. The number of aryl methyl sites for hydroxylation is 1. The summed E-state index contributed by atoms with van der Waals surface area (Å²) in [6, 6.07) is 0.697. The second-order valence-corrected chi connectivity index (χ2v) is 6.25. The molecule has 0 amide bonds. The smallest absolute Gasteiger partial charge is 0.379 e. The maximum atomic E-state index is 13.4. The number of rotatable bonds is 9. The largest absolute Gasteiger partial charge is 0.483 e. The van der Waals surface area contributed by atoms with E-state index in [1.54, 1.807) is 0 Å². The van der Waals surface area contributed by atoms with Gasteiger partial charge in [0.05, 0.1) is 0 Å². The lowest BCUT2D eigenvalue weighted by Gasteiger charge is -2.11. The van der Waals surface area contributed by atoms with Crippen molar-refractivity contribution < 1.29 is 30.8 Å². The quantitative estimate of drug-likeness (QED) is 0.230. The molecule has 0 fully saturated rings. The van der Waals surface area contributed by atoms with Crippen LogP contribution in [-0.4, -0.2) is 30.4 Å². The van der Waals surface area contributed by atoms with E-state index in [1.807, 2.05) is 0 Å². The average Bonchev–Trinajstić information content (AvgIpc) is 2.49. The van der Waals surface area contributed by atoms with E-state index in [4.69, 9.17) is 13.3 Å². The van der Waals surface area contributed by atoms with E-state index in [2.05, 4.69) is 0 Å². The van der Waals surface area contributed by atoms with E-state index < -0.39 is 32.8 Å². The predicted molar refractivity (Wildman–Crippen MR) is 70.9 cm³/mol. The van der Waals surface area contributed by atoms with Gasteiger partial charge in [0.1, 0.15) is 0 Å². The Morgan fingerprint density at radius 1 is 0.905 bits per heavy atom. The summed E-state index contributed by atoms with van der Waals surface area (Å²) < 4.78 is 67.4. The predicted octanol–water partition coefficient (Wildman–Crippen LogP) is 2.98. The van der Waals surface area contributed by atoms with Crippen LogP contribution in [0.25, 0.3) is 0 Å². The number of hydrogen-bond acceptors (Lipinski definition) is 3. The fourth-order valence-corrected chi connectivity index (χ4v) is 2.63. The van der Waals surface area contributed by atoms with Gasteiger partial charge in [0, 0.05) is 20.8 Å². The van der Waals surface area contributed by atoms with Crippen LogP contribution in [0, 0.1) is 23.3 Å². The Balaban J connectivity index is 2.34. The standard InChI is InChI=1S/C13H18F4O3Si/c1-18-21(19-2)20-7-5-3-4-6-9-8-10(14)12(16)13(17)11(9)15/h8,21H,3-7H2,1-2H3. The van der Waals surface area contributed by atoms with Crippen LogP contribution >= 0.6 is 0 Å². The van der Waals surface area contributed by atoms with Crippen molar-refractivity contribution in [3.63, 3.8) is 0 Å². The molecule has 0 aliphatic rings. The van der Waals surface area contributed by atoms with E-state index in [0.29, 0.717) is 31.9 Å². The molecule has 3 nitrogen and oxygen atoms in total. The Morgan fingerprint density at radius 2 is 1.57 bits per heavy atom. The van der Waals surface area contributed by atoms with Gasteiger partial charge in [-0.2, -0.15) is 0 Å². The van der Waals surface area contributed by atoms with Gasteiger partial charge in [-0.25, -0.2) is 17.6 Å². The van der Waals surface area contributed by atoms with Gasteiger partial charge in [0.15, 0.2) is 23.3 Å². The highest BCUT2D eigenvalue weighted by Gasteiger charge is 2.18. The molecule has 1 aromatic rings. The third-order valence-corrected chi connectivity index (χ3v) is 4.18. The van der Waals surface area contributed by atoms with Crippen molar-refractivity contribution in [3.8, 4) is 0 Å². The molecule has 120 valence electrons. The number of hydrogen-bond donors (Lipinski definition) is 0. The summed E-state index contributed by atoms with van der Waals surface area (Å²) in [5.41, 5.74) is -0.159. The van der Waals surface area contributed by atoms with Crippen molar-refractivity contribution in [2.24, 2.45) is 0 Å². The van der Waals surface area contributed by atoms with Crippen molar-refractivity contribution in [3.05, 3.63) is 34.9 Å². The molecule has 0 N–H and O–H groups in total. The first kappa shape index (κ1) is 18.1. The Bertz CT molecular complexity index is 456. The monoisotopic (exact) mass is 326 g/mol. The molecule has 0 bridgehead atoms. The highest BCUT2D eigenvalue weighted by molar-refractivity contribution is 6.36. The molecule has 0 atom stereocenters. The van der Waals surface area contributed by atoms with Crippen molar-refractivity contribution in [2.75, 3.05) is 20.8 Å². The lowest BCUT2D eigenvalue weighted by molar-refractivity contribution is 0.133. The van der Waals surface area contributed by atoms with E-state index in [1.165, 1.54) is 14.2 Å². The van der Waals surface area contributed by atoms with Gasteiger partial charge >= 0.3 is 9.53 Å². The van der Waals surface area contributed by atoms with Crippen LogP contribution in [0.4, 0.5) is 17.6 Å². The molecule has 0 saturated heterocycles. The Labute approximate surface area is 122 Å². The zero-order valence-electron chi connectivity index (χ0n) is 11.9. The topological polar surface area (TPSA) is 27.7 Å². The van der Waals surface area contributed by atoms with Crippen LogP contribution in [-0.2, 0) is 19.7 Å². The normalized spacial score (nSPS) is 11.4. The van der Waals surface area contributed by atoms with Crippen LogP contribution in [0.2, 0.25) is 0 Å². The summed E-state index contributed by atoms with van der Waals surface area (Å²) >= 11 is 0. The fraction of sp³-hybridized carbons (Fsp3) is 0.538. The van der Waals surface area contributed by atoms with Gasteiger partial charge < -0.3 is 13.3 Å². The van der Waals surface area contributed by atoms with Crippen molar-refractivity contribution in [1.29, 1.82) is 0 Å². The van der Waals surface area contributed by atoms with Gasteiger partial charge in [0.25, 0.3) is 0 Å². The first-order valence-corrected chi connectivity index (χ1v) is 7.91. The zero-order chi connectivity index (χ0) is 15.8. The second kappa shape index (κ2) is 9.14. The van der Waals surface area contributed by atoms with Gasteiger partial charge in [0.2, 0.25) is 0 Å². The molecule has 1 rings (SSSR count). The summed E-state index contributed by atoms with van der Waals surface area (Å²) in [4.78, 5) is 0. The van der Waals surface area contributed by atoms with E-state index >= 15 is 0 Å². The van der Waals surface area contributed by atoms with E-state index in [9.17, 15) is 17.6 Å². The lowest BCUT2D eigenvalue weighted by atomic mass is 10.1. The van der Waals surface area contributed by atoms with Gasteiger partial charge in [-0.1, -0.05) is 6.42 Å². The van der Waals surface area contributed by atoms with Crippen molar-refractivity contribution in [1.82, 2.24) is 0 Å². The van der Waals surface area contributed by atoms with Gasteiger partial charge in [-0.3, -0.25) is 0 Å². The molecule has 0 aliphatic carbocycles. The average molecular weight is 326 g/mol. The van der Waals surface area contributed by atoms with Crippen molar-refractivity contribution >= 4 is 9.53 Å². The molecule has 0 saturated carbocycles. The highest BCUT2D eigenvalue weighted by Crippen LogP contribution is 2.20. The molecule has 0 radical (unpaired) electrons. The highest BCUT2D eigenvalue weighted by atomic mass is 28.3. The SMILES string of the molecule is CO[SiH](OC)OCCCCCc1cc(F)c(F)c(F)c1F. The maximum absolute atomic E-state index is 13.4. The van der Waals surface area contributed by atoms with E-state index in [0.717, 1.165) is 0 Å². The van der Waals surface area contributed by atoms with Gasteiger partial charge in [-0.05, 0) is 30.9 Å². The molecule has 0 spiro atoms. The van der Waals surface area contributed by atoms with Crippen LogP contribution < -0.4 is 0 Å². The molecular weight excluding hydrogens is 308 g/mol. The summed E-state index contributed by atoms with van der Waals surface area (Å²) in [6.07, 6.45) is 2.00. The minimum atomic E-state index is -2.03. The molecule has 0 unspecified atom stereocenters. The molecule has 21 heavy (non-hydrogen) atoms. The second-order valence-electron chi connectivity index (χ2n) is 4.40. The third kappa shape index (κ3) is 5.38. The first-order valence-electron chi connectivity index (χ1n) is 6.50. The maximum Gasteiger partial charge on any atom is 0.483 e. The van der Waals surface area contributed by atoms with Gasteiger partial charge in [-0.15, -0.1) is 0 Å². The van der Waals surface area contributed by atoms with Crippen LogP contribution in [0.1, 0.15) is 24.8 Å². The minimum absolute atomic E-state index is 0.134. The minimum Gasteiger partial charge on any atom is -0.379 e. The van der Waals surface area contributed by atoms with Crippen LogP contribution in [0.5, 0.6) is 0 Å². The zero-order valence-corrected chi connectivity index (χ0v) is 13.1. The van der Waals surface area contributed by atoms with Crippen LogP contribution in [0.3, 0.4) is 0 Å². The molecule has 0 aliphatic heterocycles. The molecular formula is C13H18F4O3Si. The third-order valence-electron chi connectivity index (χ3n) is 2.91. The summed E-state index contributed by atoms with van der Waals surface area (Å²) in [7, 11) is 0.970. The van der Waals surface area contributed by atoms with E-state index in [-0.39, 0.29) is 12.0 Å². The molecule has 0 heterocycles. The fourth-order valence-electron chi connectivity index (χ4n) is 1.81. The number of halogens is 4.